The maximum Gasteiger partial charge on any atom is 0.176 e. The van der Waals surface area contributed by atoms with Crippen LogP contribution in [0.1, 0.15) is 23.7 Å². The van der Waals surface area contributed by atoms with Gasteiger partial charge < -0.3 is 10.6 Å². The highest BCUT2D eigenvalue weighted by atomic mass is 35.5. The maximum absolute atomic E-state index is 6.26. The van der Waals surface area contributed by atoms with E-state index in [1.807, 2.05) is 48.0 Å². The zero-order chi connectivity index (χ0) is 19.4. The summed E-state index contributed by atoms with van der Waals surface area (Å²) in [4.78, 5) is 0. The molecular formula is C20H20Cl2N4S. The minimum Gasteiger partial charge on any atom is -0.332 e. The van der Waals surface area contributed by atoms with Crippen LogP contribution >= 0.6 is 35.4 Å². The molecule has 3 aromatic rings. The molecule has 7 heteroatoms. The molecule has 0 fully saturated rings. The molecule has 0 saturated heterocycles. The third-order valence-corrected chi connectivity index (χ3v) is 5.12. The third-order valence-electron chi connectivity index (χ3n) is 4.21. The van der Waals surface area contributed by atoms with E-state index in [2.05, 4.69) is 34.8 Å². The molecule has 0 aliphatic carbocycles. The van der Waals surface area contributed by atoms with Crippen LogP contribution in [0.25, 0.3) is 0 Å². The number of nitrogens with zero attached hydrogens (tertiary/aromatic N) is 2. The molecule has 0 unspecified atom stereocenters. The molecule has 140 valence electrons. The Morgan fingerprint density at radius 2 is 1.74 bits per heavy atom. The summed E-state index contributed by atoms with van der Waals surface area (Å²) in [6, 6.07) is 15.6. The highest BCUT2D eigenvalue weighted by Crippen LogP contribution is 2.25. The van der Waals surface area contributed by atoms with Crippen molar-refractivity contribution in [1.29, 1.82) is 0 Å². The second-order valence-corrected chi connectivity index (χ2v) is 7.38. The van der Waals surface area contributed by atoms with Crippen LogP contribution in [0, 0.1) is 6.92 Å². The first kappa shape index (κ1) is 19.7. The van der Waals surface area contributed by atoms with Crippen molar-refractivity contribution in [2.75, 3.05) is 10.6 Å². The van der Waals surface area contributed by atoms with Crippen LogP contribution in [0.4, 0.5) is 11.5 Å². The molecule has 4 nitrogen and oxygen atoms in total. The van der Waals surface area contributed by atoms with Gasteiger partial charge in [-0.1, -0.05) is 48.3 Å². The number of nitrogens with one attached hydrogen (secondary N) is 2. The van der Waals surface area contributed by atoms with E-state index in [0.29, 0.717) is 27.5 Å². The van der Waals surface area contributed by atoms with E-state index in [1.165, 1.54) is 5.56 Å². The fraction of sp³-hybridized carbons (Fsp3) is 0.200. The molecule has 0 atom stereocenters. The minimum atomic E-state index is 0.486. The van der Waals surface area contributed by atoms with Crippen LogP contribution in [0.5, 0.6) is 0 Å². The molecule has 2 aromatic carbocycles. The van der Waals surface area contributed by atoms with Crippen LogP contribution in [0.3, 0.4) is 0 Å². The first-order valence-electron chi connectivity index (χ1n) is 8.60. The summed E-state index contributed by atoms with van der Waals surface area (Å²) >= 11 is 17.9. The molecular weight excluding hydrogens is 399 g/mol. The minimum absolute atomic E-state index is 0.486. The van der Waals surface area contributed by atoms with Crippen LogP contribution in [0.15, 0.2) is 48.5 Å². The standard InChI is InChI=1S/C20H20Cl2N4S/c1-3-14-7-9-15(10-8-14)23-20(27)24-19-11-13(2)26(25-19)12-16-17(21)5-4-6-18(16)22/h4-11H,3,12H2,1-2H3,(H2,23,24,25,27). The van der Waals surface area contributed by atoms with E-state index in [1.54, 1.807) is 0 Å². The molecule has 1 aromatic heterocycles. The second-order valence-electron chi connectivity index (χ2n) is 6.16. The van der Waals surface area contributed by atoms with Crippen molar-refractivity contribution < 1.29 is 0 Å². The van der Waals surface area contributed by atoms with Gasteiger partial charge in [-0.15, -0.1) is 0 Å². The van der Waals surface area contributed by atoms with Crippen LogP contribution < -0.4 is 10.6 Å². The normalized spacial score (nSPS) is 10.7. The molecule has 0 aliphatic heterocycles. The van der Waals surface area contributed by atoms with Crippen molar-refractivity contribution in [2.24, 2.45) is 0 Å². The van der Waals surface area contributed by atoms with Crippen molar-refractivity contribution in [3.8, 4) is 0 Å². The first-order chi connectivity index (χ1) is 13.0. The molecule has 0 amide bonds. The fourth-order valence-corrected chi connectivity index (χ4v) is 3.41. The average Bonchev–Trinajstić information content (AvgIpc) is 2.97. The van der Waals surface area contributed by atoms with Gasteiger partial charge in [0.2, 0.25) is 0 Å². The van der Waals surface area contributed by atoms with E-state index in [4.69, 9.17) is 35.4 Å². The molecule has 0 spiro atoms. The Labute approximate surface area is 174 Å². The number of anilines is 2. The summed E-state index contributed by atoms with van der Waals surface area (Å²) in [6.45, 7) is 4.59. The Hall–Kier alpha value is -2.08. The number of hydrogen-bond acceptors (Lipinski definition) is 2. The van der Waals surface area contributed by atoms with Gasteiger partial charge in [0.1, 0.15) is 0 Å². The van der Waals surface area contributed by atoms with E-state index in [0.717, 1.165) is 23.4 Å². The molecule has 0 saturated carbocycles. The van der Waals surface area contributed by atoms with Crippen molar-refractivity contribution in [2.45, 2.75) is 26.8 Å². The maximum atomic E-state index is 6.26. The number of rotatable bonds is 5. The Morgan fingerprint density at radius 3 is 2.37 bits per heavy atom. The van der Waals surface area contributed by atoms with Gasteiger partial charge in [0, 0.05) is 33.1 Å². The SMILES string of the molecule is CCc1ccc(NC(=S)Nc2cc(C)n(Cc3c(Cl)cccc3Cl)n2)cc1. The van der Waals surface area contributed by atoms with Crippen molar-refractivity contribution >= 4 is 52.0 Å². The number of halogens is 2. The Balaban J connectivity index is 1.67. The zero-order valence-corrected chi connectivity index (χ0v) is 17.4. The van der Waals surface area contributed by atoms with Crippen molar-refractivity contribution in [3.05, 3.63) is 75.4 Å². The van der Waals surface area contributed by atoms with Gasteiger partial charge in [-0.25, -0.2) is 0 Å². The van der Waals surface area contributed by atoms with Gasteiger partial charge >= 0.3 is 0 Å². The highest BCUT2D eigenvalue weighted by molar-refractivity contribution is 7.80. The summed E-state index contributed by atoms with van der Waals surface area (Å²) in [7, 11) is 0. The Bertz CT molecular complexity index is 931. The Kier molecular flexibility index (Phi) is 6.37. The molecule has 3 rings (SSSR count). The predicted octanol–water partition coefficient (Wildman–Crippen LogP) is 5.92. The van der Waals surface area contributed by atoms with Gasteiger partial charge in [-0.2, -0.15) is 5.10 Å². The summed E-state index contributed by atoms with van der Waals surface area (Å²) < 4.78 is 1.84. The van der Waals surface area contributed by atoms with Gasteiger partial charge in [-0.3, -0.25) is 4.68 Å². The Morgan fingerprint density at radius 1 is 1.07 bits per heavy atom. The fourth-order valence-electron chi connectivity index (χ4n) is 2.67. The largest absolute Gasteiger partial charge is 0.332 e. The number of hydrogen-bond donors (Lipinski definition) is 2. The zero-order valence-electron chi connectivity index (χ0n) is 15.1. The van der Waals surface area contributed by atoms with E-state index >= 15 is 0 Å². The van der Waals surface area contributed by atoms with E-state index < -0.39 is 0 Å². The summed E-state index contributed by atoms with van der Waals surface area (Å²) in [6.07, 6.45) is 1.01. The summed E-state index contributed by atoms with van der Waals surface area (Å²) in [5.74, 6) is 0.665. The van der Waals surface area contributed by atoms with E-state index in [-0.39, 0.29) is 0 Å². The molecule has 27 heavy (non-hydrogen) atoms. The number of thiocarbonyl (C=S) groups is 1. The quantitative estimate of drug-likeness (QED) is 0.504. The smallest absolute Gasteiger partial charge is 0.176 e. The van der Waals surface area contributed by atoms with Crippen molar-refractivity contribution in [3.63, 3.8) is 0 Å². The lowest BCUT2D eigenvalue weighted by atomic mass is 10.1. The number of aromatic nitrogens is 2. The summed E-state index contributed by atoms with van der Waals surface area (Å²) in [5.41, 5.74) is 4.04. The number of aryl methyl sites for hydroxylation is 2. The third kappa shape index (κ3) is 5.01. The average molecular weight is 419 g/mol. The van der Waals surface area contributed by atoms with Crippen LogP contribution in [-0.4, -0.2) is 14.9 Å². The van der Waals surface area contributed by atoms with E-state index in [9.17, 15) is 0 Å². The molecule has 0 bridgehead atoms. The first-order valence-corrected chi connectivity index (χ1v) is 9.77. The van der Waals surface area contributed by atoms with Crippen LogP contribution in [0.2, 0.25) is 10.0 Å². The monoisotopic (exact) mass is 418 g/mol. The predicted molar refractivity (Wildman–Crippen MR) is 118 cm³/mol. The van der Waals surface area contributed by atoms with Gasteiger partial charge in [0.15, 0.2) is 10.9 Å². The molecule has 0 aliphatic rings. The second kappa shape index (κ2) is 8.74. The lowest BCUT2D eigenvalue weighted by molar-refractivity contribution is 0.668. The topological polar surface area (TPSA) is 41.9 Å². The lowest BCUT2D eigenvalue weighted by Gasteiger charge is -2.10. The highest BCUT2D eigenvalue weighted by Gasteiger charge is 2.11. The lowest BCUT2D eigenvalue weighted by Crippen LogP contribution is -2.19. The van der Waals surface area contributed by atoms with Crippen LogP contribution in [-0.2, 0) is 13.0 Å². The number of benzene rings is 2. The molecule has 0 radical (unpaired) electrons. The summed E-state index contributed by atoms with van der Waals surface area (Å²) in [5, 5.41) is 12.6. The van der Waals surface area contributed by atoms with Crippen molar-refractivity contribution in [1.82, 2.24) is 9.78 Å². The molecule has 1 heterocycles. The van der Waals surface area contributed by atoms with Gasteiger partial charge in [0.05, 0.1) is 6.54 Å². The van der Waals surface area contributed by atoms with Gasteiger partial charge in [-0.05, 0) is 55.4 Å². The van der Waals surface area contributed by atoms with Gasteiger partial charge in [0.25, 0.3) is 0 Å². The molecule has 2 N–H and O–H groups in total.